The van der Waals surface area contributed by atoms with Crippen LogP contribution in [0.2, 0.25) is 0 Å². The van der Waals surface area contributed by atoms with Crippen molar-refractivity contribution in [1.82, 2.24) is 9.55 Å². The number of aryl methyl sites for hydroxylation is 1. The smallest absolute Gasteiger partial charge is 0.390 e. The fourth-order valence-electron chi connectivity index (χ4n) is 1.94. The largest absolute Gasteiger partial charge is 0.469 e. The normalized spacial score (nSPS) is 26.9. The number of nitrogens with zero attached hydrogens (tertiary/aromatic N) is 2. The Bertz CT molecular complexity index is 583. The second kappa shape index (κ2) is 5.72. The van der Waals surface area contributed by atoms with Crippen molar-refractivity contribution in [2.45, 2.75) is 31.8 Å². The first-order valence-corrected chi connectivity index (χ1v) is 7.38. The molecule has 0 saturated carbocycles. The standard InChI is InChI=1S/C10H15N2O7P/c1-6-3-11-10(14)12(4-6)9-2-7(13)8(19-9)5-18-20(15,16)17/h3-4,7-9,13H,2,5H2,1H3,(H2,15,16,17)/t7-,8+,9+/m0/s1. The van der Waals surface area contributed by atoms with Gasteiger partial charge < -0.3 is 19.6 Å². The Labute approximate surface area is 114 Å². The van der Waals surface area contributed by atoms with Crippen molar-refractivity contribution >= 4 is 7.82 Å². The lowest BCUT2D eigenvalue weighted by Gasteiger charge is -2.16. The van der Waals surface area contributed by atoms with Crippen molar-refractivity contribution < 1.29 is 28.7 Å². The van der Waals surface area contributed by atoms with Crippen LogP contribution in [-0.4, -0.2) is 43.3 Å². The maximum absolute atomic E-state index is 11.6. The van der Waals surface area contributed by atoms with E-state index < -0.39 is 38.6 Å². The molecule has 1 aliphatic heterocycles. The van der Waals surface area contributed by atoms with Crippen LogP contribution in [0.15, 0.2) is 17.2 Å². The van der Waals surface area contributed by atoms with Gasteiger partial charge in [-0.2, -0.15) is 0 Å². The number of phosphoric acid groups is 1. The van der Waals surface area contributed by atoms with Crippen molar-refractivity contribution in [2.75, 3.05) is 6.61 Å². The number of hydrogen-bond donors (Lipinski definition) is 3. The van der Waals surface area contributed by atoms with Gasteiger partial charge in [0.2, 0.25) is 0 Å². The lowest BCUT2D eigenvalue weighted by molar-refractivity contribution is -0.0451. The lowest BCUT2D eigenvalue weighted by atomic mass is 10.2. The summed E-state index contributed by atoms with van der Waals surface area (Å²) in [4.78, 5) is 32.5. The topological polar surface area (TPSA) is 131 Å². The Balaban J connectivity index is 2.08. The first-order chi connectivity index (χ1) is 9.26. The van der Waals surface area contributed by atoms with E-state index in [0.29, 0.717) is 0 Å². The summed E-state index contributed by atoms with van der Waals surface area (Å²) in [6.07, 6.45) is 0.423. The Morgan fingerprint density at radius 3 is 2.95 bits per heavy atom. The van der Waals surface area contributed by atoms with Crippen molar-refractivity contribution in [3.63, 3.8) is 0 Å². The minimum absolute atomic E-state index is 0.111. The zero-order chi connectivity index (χ0) is 14.9. The van der Waals surface area contributed by atoms with Crippen molar-refractivity contribution in [3.05, 3.63) is 28.4 Å². The maximum Gasteiger partial charge on any atom is 0.469 e. The fraction of sp³-hybridized carbons (Fsp3) is 0.600. The number of rotatable bonds is 4. The Morgan fingerprint density at radius 1 is 1.60 bits per heavy atom. The maximum atomic E-state index is 11.6. The molecule has 112 valence electrons. The summed E-state index contributed by atoms with van der Waals surface area (Å²) in [5, 5.41) is 9.78. The van der Waals surface area contributed by atoms with Crippen LogP contribution in [0.5, 0.6) is 0 Å². The zero-order valence-electron chi connectivity index (χ0n) is 10.6. The number of aromatic nitrogens is 2. The van der Waals surface area contributed by atoms with Gasteiger partial charge >= 0.3 is 13.5 Å². The quantitative estimate of drug-likeness (QED) is 0.623. The third kappa shape index (κ3) is 3.72. The van der Waals surface area contributed by atoms with Crippen LogP contribution in [-0.2, 0) is 13.8 Å². The van der Waals surface area contributed by atoms with Gasteiger partial charge in [-0.1, -0.05) is 0 Å². The van der Waals surface area contributed by atoms with Crippen molar-refractivity contribution in [2.24, 2.45) is 0 Å². The molecule has 10 heteroatoms. The van der Waals surface area contributed by atoms with E-state index in [1.165, 1.54) is 10.8 Å². The van der Waals surface area contributed by atoms with Crippen molar-refractivity contribution in [3.8, 4) is 0 Å². The highest BCUT2D eigenvalue weighted by molar-refractivity contribution is 7.46. The summed E-state index contributed by atoms with van der Waals surface area (Å²) < 4.78 is 21.5. The Morgan fingerprint density at radius 2 is 2.30 bits per heavy atom. The predicted molar refractivity (Wildman–Crippen MR) is 65.8 cm³/mol. The number of ether oxygens (including phenoxy) is 1. The molecule has 0 bridgehead atoms. The highest BCUT2D eigenvalue weighted by atomic mass is 31.2. The summed E-state index contributed by atoms with van der Waals surface area (Å²) in [6, 6.07) is 0. The van der Waals surface area contributed by atoms with E-state index in [0.717, 1.165) is 5.56 Å². The zero-order valence-corrected chi connectivity index (χ0v) is 11.5. The van der Waals surface area contributed by atoms with Crippen molar-refractivity contribution in [1.29, 1.82) is 0 Å². The summed E-state index contributed by atoms with van der Waals surface area (Å²) in [5.41, 5.74) is 0.224. The summed E-state index contributed by atoms with van der Waals surface area (Å²) >= 11 is 0. The van der Waals surface area contributed by atoms with E-state index in [-0.39, 0.29) is 6.42 Å². The molecule has 1 saturated heterocycles. The van der Waals surface area contributed by atoms with Crippen LogP contribution in [0.3, 0.4) is 0 Å². The van der Waals surface area contributed by atoms with Gasteiger partial charge in [-0.25, -0.2) is 14.3 Å². The van der Waals surface area contributed by atoms with Crippen LogP contribution >= 0.6 is 7.82 Å². The molecule has 0 aromatic carbocycles. The van der Waals surface area contributed by atoms with E-state index in [1.807, 2.05) is 0 Å². The van der Waals surface area contributed by atoms with E-state index in [9.17, 15) is 14.5 Å². The van der Waals surface area contributed by atoms with Gasteiger partial charge in [0.1, 0.15) is 12.3 Å². The van der Waals surface area contributed by atoms with Crippen LogP contribution in [0, 0.1) is 6.92 Å². The molecule has 2 rings (SSSR count). The van der Waals surface area contributed by atoms with Crippen LogP contribution in [0.1, 0.15) is 18.2 Å². The molecule has 0 radical (unpaired) electrons. The van der Waals surface area contributed by atoms with Gasteiger partial charge in [0.25, 0.3) is 0 Å². The number of aliphatic hydroxyl groups excluding tert-OH is 1. The molecule has 1 aliphatic rings. The van der Waals surface area contributed by atoms with Crippen LogP contribution in [0.25, 0.3) is 0 Å². The molecule has 1 fully saturated rings. The molecule has 1 aromatic rings. The van der Waals surface area contributed by atoms with E-state index in [1.54, 1.807) is 13.1 Å². The molecule has 0 aliphatic carbocycles. The minimum Gasteiger partial charge on any atom is -0.390 e. The molecule has 20 heavy (non-hydrogen) atoms. The SMILES string of the molecule is Cc1cnc(=O)n([C@H]2C[C@H](O)[C@@H](COP(=O)(O)O)O2)c1. The van der Waals surface area contributed by atoms with Crippen LogP contribution < -0.4 is 5.69 Å². The molecule has 3 atom stereocenters. The second-order valence-corrected chi connectivity index (χ2v) is 5.78. The molecule has 1 aromatic heterocycles. The first kappa shape index (κ1) is 15.3. The van der Waals surface area contributed by atoms with Gasteiger partial charge in [0, 0.05) is 18.8 Å². The number of hydrogen-bond acceptors (Lipinski definition) is 6. The minimum atomic E-state index is -4.63. The monoisotopic (exact) mass is 306 g/mol. The number of aliphatic hydroxyl groups is 1. The fourth-order valence-corrected chi connectivity index (χ4v) is 2.29. The van der Waals surface area contributed by atoms with Gasteiger partial charge in [-0.15, -0.1) is 0 Å². The number of phosphoric ester groups is 1. The molecule has 9 nitrogen and oxygen atoms in total. The molecular formula is C10H15N2O7P. The average Bonchev–Trinajstić information content (AvgIpc) is 2.70. The molecule has 0 spiro atoms. The summed E-state index contributed by atoms with van der Waals surface area (Å²) in [5.74, 6) is 0. The lowest BCUT2D eigenvalue weighted by Crippen LogP contribution is -2.28. The van der Waals surface area contributed by atoms with Gasteiger partial charge in [-0.3, -0.25) is 9.09 Å². The molecule has 0 unspecified atom stereocenters. The second-order valence-electron chi connectivity index (χ2n) is 4.54. The van der Waals surface area contributed by atoms with E-state index >= 15 is 0 Å². The molecule has 0 amide bonds. The third-order valence-corrected chi connectivity index (χ3v) is 3.35. The van der Waals surface area contributed by atoms with Gasteiger partial charge in [0.15, 0.2) is 0 Å². The first-order valence-electron chi connectivity index (χ1n) is 5.84. The van der Waals surface area contributed by atoms with Crippen LogP contribution in [0.4, 0.5) is 0 Å². The third-order valence-electron chi connectivity index (χ3n) is 2.86. The van der Waals surface area contributed by atoms with E-state index in [4.69, 9.17) is 14.5 Å². The Kier molecular flexibility index (Phi) is 4.38. The van der Waals surface area contributed by atoms with E-state index in [2.05, 4.69) is 9.51 Å². The highest BCUT2D eigenvalue weighted by Gasteiger charge is 2.36. The van der Waals surface area contributed by atoms with Gasteiger partial charge in [0.05, 0.1) is 12.7 Å². The molecule has 3 N–H and O–H groups in total. The predicted octanol–water partition coefficient (Wildman–Crippen LogP) is -0.691. The van der Waals surface area contributed by atoms with Gasteiger partial charge in [-0.05, 0) is 12.5 Å². The average molecular weight is 306 g/mol. The highest BCUT2D eigenvalue weighted by Crippen LogP contribution is 2.38. The summed E-state index contributed by atoms with van der Waals surface area (Å²) in [7, 11) is -4.63. The summed E-state index contributed by atoms with van der Waals surface area (Å²) in [6.45, 7) is 1.29. The molecule has 2 heterocycles. The Hall–Kier alpha value is -1.09. The molecular weight excluding hydrogens is 291 g/mol.